The van der Waals surface area contributed by atoms with Gasteiger partial charge in [-0.15, -0.1) is 0 Å². The van der Waals surface area contributed by atoms with Gasteiger partial charge < -0.3 is 4.90 Å². The van der Waals surface area contributed by atoms with E-state index in [1.54, 1.807) is 19.0 Å². The quantitative estimate of drug-likeness (QED) is 0.535. The van der Waals surface area contributed by atoms with E-state index >= 15 is 0 Å². The number of nitrogens with zero attached hydrogens (tertiary/aromatic N) is 3. The Bertz CT molecular complexity index is 964. The Hall–Kier alpha value is -1.99. The van der Waals surface area contributed by atoms with Crippen LogP contribution in [-0.4, -0.2) is 23.5 Å². The van der Waals surface area contributed by atoms with E-state index in [1.807, 2.05) is 0 Å². The Balaban J connectivity index is 2.37. The Labute approximate surface area is 150 Å². The summed E-state index contributed by atoms with van der Waals surface area (Å²) < 4.78 is 55.0. The minimum absolute atomic E-state index is 0.0167. The standard InChI is InChI=1S/C16H11Cl2F4N3/c1-24(2)12-5-8(11(19)6-9(12)17)14-10(18)7-13(16(20,21)22)25-4-3-23-15(14)25/h3-7H,1-2H3. The summed E-state index contributed by atoms with van der Waals surface area (Å²) in [6, 6.07) is 3.29. The van der Waals surface area contributed by atoms with E-state index in [0.717, 1.165) is 22.7 Å². The minimum Gasteiger partial charge on any atom is -0.376 e. The lowest BCUT2D eigenvalue weighted by Gasteiger charge is -2.18. The number of pyridine rings is 1. The normalized spacial score (nSPS) is 12.0. The molecule has 0 aliphatic rings. The van der Waals surface area contributed by atoms with Gasteiger partial charge in [0.15, 0.2) is 0 Å². The van der Waals surface area contributed by atoms with Gasteiger partial charge in [0.2, 0.25) is 0 Å². The highest BCUT2D eigenvalue weighted by Crippen LogP contribution is 2.41. The highest BCUT2D eigenvalue weighted by molar-refractivity contribution is 6.35. The number of hydrogen-bond acceptors (Lipinski definition) is 2. The summed E-state index contributed by atoms with van der Waals surface area (Å²) in [5, 5.41) is -0.0781. The van der Waals surface area contributed by atoms with E-state index in [0.29, 0.717) is 5.69 Å². The van der Waals surface area contributed by atoms with Crippen molar-refractivity contribution in [2.75, 3.05) is 19.0 Å². The largest absolute Gasteiger partial charge is 0.431 e. The molecule has 1 aromatic carbocycles. The molecule has 3 nitrogen and oxygen atoms in total. The van der Waals surface area contributed by atoms with Gasteiger partial charge in [-0.1, -0.05) is 23.2 Å². The summed E-state index contributed by atoms with van der Waals surface area (Å²) in [6.45, 7) is 0. The first-order chi connectivity index (χ1) is 11.6. The van der Waals surface area contributed by atoms with Crippen LogP contribution in [0.4, 0.5) is 23.2 Å². The van der Waals surface area contributed by atoms with Crippen LogP contribution in [0.1, 0.15) is 5.69 Å². The number of aromatic nitrogens is 2. The van der Waals surface area contributed by atoms with Crippen molar-refractivity contribution in [3.05, 3.63) is 52.1 Å². The zero-order valence-corrected chi connectivity index (χ0v) is 14.5. The number of benzene rings is 1. The van der Waals surface area contributed by atoms with E-state index < -0.39 is 17.7 Å². The van der Waals surface area contributed by atoms with Crippen LogP contribution >= 0.6 is 23.2 Å². The van der Waals surface area contributed by atoms with Gasteiger partial charge in [-0.05, 0) is 18.2 Å². The highest BCUT2D eigenvalue weighted by Gasteiger charge is 2.35. The number of halogens is 6. The molecule has 132 valence electrons. The summed E-state index contributed by atoms with van der Waals surface area (Å²) in [7, 11) is 3.42. The van der Waals surface area contributed by atoms with E-state index in [-0.39, 0.29) is 26.8 Å². The molecule has 0 saturated heterocycles. The molecule has 3 rings (SSSR count). The molecule has 0 unspecified atom stereocenters. The van der Waals surface area contributed by atoms with E-state index in [2.05, 4.69) is 4.98 Å². The highest BCUT2D eigenvalue weighted by atomic mass is 35.5. The lowest BCUT2D eigenvalue weighted by atomic mass is 10.0. The molecule has 0 N–H and O–H groups in total. The van der Waals surface area contributed by atoms with Gasteiger partial charge in [-0.2, -0.15) is 13.2 Å². The van der Waals surface area contributed by atoms with Gasteiger partial charge in [-0.3, -0.25) is 4.40 Å². The molecule has 0 radical (unpaired) electrons. The van der Waals surface area contributed by atoms with Crippen LogP contribution in [0.3, 0.4) is 0 Å². The van der Waals surface area contributed by atoms with Crippen LogP contribution < -0.4 is 4.90 Å². The zero-order valence-electron chi connectivity index (χ0n) is 13.0. The second-order valence-corrected chi connectivity index (χ2v) is 6.36. The molecule has 25 heavy (non-hydrogen) atoms. The van der Waals surface area contributed by atoms with E-state index in [1.165, 1.54) is 12.3 Å². The van der Waals surface area contributed by atoms with Crippen molar-refractivity contribution in [1.29, 1.82) is 0 Å². The van der Waals surface area contributed by atoms with E-state index in [9.17, 15) is 17.6 Å². The summed E-state index contributed by atoms with van der Waals surface area (Å²) in [6.07, 6.45) is -2.28. The van der Waals surface area contributed by atoms with Crippen LogP contribution in [0.25, 0.3) is 16.8 Å². The average molecular weight is 392 g/mol. The monoisotopic (exact) mass is 391 g/mol. The fourth-order valence-electron chi connectivity index (χ4n) is 2.59. The van der Waals surface area contributed by atoms with Gasteiger partial charge in [0.25, 0.3) is 0 Å². The Morgan fingerprint density at radius 1 is 1.08 bits per heavy atom. The van der Waals surface area contributed by atoms with Gasteiger partial charge in [0, 0.05) is 37.6 Å². The first kappa shape index (κ1) is 17.8. The van der Waals surface area contributed by atoms with Crippen molar-refractivity contribution < 1.29 is 17.6 Å². The fourth-order valence-corrected chi connectivity index (χ4v) is 3.20. The maximum atomic E-state index is 14.5. The summed E-state index contributed by atoms with van der Waals surface area (Å²) >= 11 is 12.1. The smallest absolute Gasteiger partial charge is 0.376 e. The molecule has 0 saturated carbocycles. The predicted molar refractivity (Wildman–Crippen MR) is 89.9 cm³/mol. The van der Waals surface area contributed by atoms with Gasteiger partial charge in [0.05, 0.1) is 15.7 Å². The second-order valence-electron chi connectivity index (χ2n) is 5.55. The lowest BCUT2D eigenvalue weighted by Crippen LogP contribution is -2.12. The number of imidazole rings is 1. The average Bonchev–Trinajstić information content (AvgIpc) is 2.95. The molecule has 2 aromatic heterocycles. The molecule has 2 heterocycles. The van der Waals surface area contributed by atoms with E-state index in [4.69, 9.17) is 23.2 Å². The number of alkyl halides is 3. The number of anilines is 1. The second kappa shape index (κ2) is 6.07. The third-order valence-electron chi connectivity index (χ3n) is 3.70. The molecule has 3 aromatic rings. The van der Waals surface area contributed by atoms with Crippen LogP contribution in [0.15, 0.2) is 30.6 Å². The number of fused-ring (bicyclic) bond motifs is 1. The van der Waals surface area contributed by atoms with Gasteiger partial charge in [0.1, 0.15) is 17.2 Å². The Morgan fingerprint density at radius 3 is 2.36 bits per heavy atom. The molecule has 0 aliphatic carbocycles. The summed E-state index contributed by atoms with van der Waals surface area (Å²) in [5.41, 5.74) is -0.500. The summed E-state index contributed by atoms with van der Waals surface area (Å²) in [5.74, 6) is -0.706. The third kappa shape index (κ3) is 3.02. The molecular weight excluding hydrogens is 381 g/mol. The number of hydrogen-bond donors (Lipinski definition) is 0. The fraction of sp³-hybridized carbons (Fsp3) is 0.188. The van der Waals surface area contributed by atoms with Crippen molar-refractivity contribution in [3.8, 4) is 11.1 Å². The molecular formula is C16H11Cl2F4N3. The van der Waals surface area contributed by atoms with Crippen LogP contribution in [0.2, 0.25) is 10.0 Å². The lowest BCUT2D eigenvalue weighted by molar-refractivity contribution is -0.142. The molecule has 0 spiro atoms. The van der Waals surface area contributed by atoms with Crippen LogP contribution in [-0.2, 0) is 6.18 Å². The Morgan fingerprint density at radius 2 is 1.76 bits per heavy atom. The summed E-state index contributed by atoms with van der Waals surface area (Å²) in [4.78, 5) is 5.59. The maximum absolute atomic E-state index is 14.5. The predicted octanol–water partition coefficient (Wildman–Crippen LogP) is 5.53. The van der Waals surface area contributed by atoms with Crippen molar-refractivity contribution in [3.63, 3.8) is 0 Å². The maximum Gasteiger partial charge on any atom is 0.431 e. The molecule has 9 heteroatoms. The molecule has 0 amide bonds. The molecule has 0 aliphatic heterocycles. The van der Waals surface area contributed by atoms with Crippen molar-refractivity contribution in [1.82, 2.24) is 9.38 Å². The van der Waals surface area contributed by atoms with Gasteiger partial charge in [-0.25, -0.2) is 9.37 Å². The molecule has 0 fully saturated rings. The Kier molecular flexibility index (Phi) is 4.33. The third-order valence-corrected chi connectivity index (χ3v) is 4.31. The molecule has 0 atom stereocenters. The van der Waals surface area contributed by atoms with Crippen LogP contribution in [0, 0.1) is 5.82 Å². The first-order valence-electron chi connectivity index (χ1n) is 7.00. The SMILES string of the molecule is CN(C)c1cc(-c2c(Cl)cc(C(F)(F)F)n3ccnc23)c(F)cc1Cl. The topological polar surface area (TPSA) is 20.5 Å². The van der Waals surface area contributed by atoms with Crippen LogP contribution in [0.5, 0.6) is 0 Å². The minimum atomic E-state index is -4.63. The molecule has 0 bridgehead atoms. The first-order valence-corrected chi connectivity index (χ1v) is 7.76. The van der Waals surface area contributed by atoms with Crippen molar-refractivity contribution >= 4 is 34.5 Å². The van der Waals surface area contributed by atoms with Crippen molar-refractivity contribution in [2.45, 2.75) is 6.18 Å². The van der Waals surface area contributed by atoms with Crippen molar-refractivity contribution in [2.24, 2.45) is 0 Å². The zero-order chi connectivity index (χ0) is 18.5. The number of rotatable bonds is 2. The van der Waals surface area contributed by atoms with Gasteiger partial charge >= 0.3 is 6.18 Å².